The summed E-state index contributed by atoms with van der Waals surface area (Å²) in [6.45, 7) is 2.05. The van der Waals surface area contributed by atoms with Gasteiger partial charge in [0.15, 0.2) is 0 Å². The molecule has 0 unspecified atom stereocenters. The molecule has 1 fully saturated rings. The summed E-state index contributed by atoms with van der Waals surface area (Å²) in [7, 11) is 3.19. The third kappa shape index (κ3) is 4.27. The number of hydrogen-bond donors (Lipinski definition) is 1. The molecule has 1 aliphatic heterocycles. The van der Waals surface area contributed by atoms with Gasteiger partial charge in [0.1, 0.15) is 0 Å². The van der Waals surface area contributed by atoms with Crippen LogP contribution >= 0.6 is 0 Å². The summed E-state index contributed by atoms with van der Waals surface area (Å²) in [5, 5.41) is 8.76. The van der Waals surface area contributed by atoms with E-state index in [0.29, 0.717) is 39.0 Å². The SMILES string of the molecule is COC(=O)C1CCN(C(=O)CN(C)CCO)CC1. The number of aliphatic hydroxyl groups is 1. The fourth-order valence-electron chi connectivity index (χ4n) is 2.11. The fraction of sp³-hybridized carbons (Fsp3) is 0.833. The number of aliphatic hydroxyl groups excluding tert-OH is 1. The Morgan fingerprint density at radius 2 is 2.00 bits per heavy atom. The van der Waals surface area contributed by atoms with Crippen molar-refractivity contribution in [1.29, 1.82) is 0 Å². The van der Waals surface area contributed by atoms with E-state index in [9.17, 15) is 9.59 Å². The Morgan fingerprint density at radius 3 is 2.50 bits per heavy atom. The summed E-state index contributed by atoms with van der Waals surface area (Å²) >= 11 is 0. The maximum atomic E-state index is 11.9. The van der Waals surface area contributed by atoms with Gasteiger partial charge >= 0.3 is 5.97 Å². The van der Waals surface area contributed by atoms with Gasteiger partial charge in [-0.1, -0.05) is 0 Å². The van der Waals surface area contributed by atoms with Crippen LogP contribution in [0.4, 0.5) is 0 Å². The van der Waals surface area contributed by atoms with Crippen LogP contribution in [0.15, 0.2) is 0 Å². The van der Waals surface area contributed by atoms with Crippen molar-refractivity contribution in [3.05, 3.63) is 0 Å². The highest BCUT2D eigenvalue weighted by Crippen LogP contribution is 2.18. The van der Waals surface area contributed by atoms with Gasteiger partial charge < -0.3 is 14.7 Å². The molecule has 0 saturated carbocycles. The van der Waals surface area contributed by atoms with Crippen molar-refractivity contribution in [2.45, 2.75) is 12.8 Å². The van der Waals surface area contributed by atoms with Gasteiger partial charge in [0.25, 0.3) is 0 Å². The number of methoxy groups -OCH3 is 1. The molecule has 1 heterocycles. The van der Waals surface area contributed by atoms with E-state index in [2.05, 4.69) is 0 Å². The van der Waals surface area contributed by atoms with Crippen LogP contribution in [0.25, 0.3) is 0 Å². The second-order valence-electron chi connectivity index (χ2n) is 4.64. The third-order valence-corrected chi connectivity index (χ3v) is 3.27. The molecule has 0 spiro atoms. The highest BCUT2D eigenvalue weighted by Gasteiger charge is 2.27. The second-order valence-corrected chi connectivity index (χ2v) is 4.64. The van der Waals surface area contributed by atoms with Gasteiger partial charge in [0, 0.05) is 19.6 Å². The van der Waals surface area contributed by atoms with Gasteiger partial charge in [-0.2, -0.15) is 0 Å². The Bertz CT molecular complexity index is 288. The molecule has 0 aromatic carbocycles. The molecule has 6 heteroatoms. The van der Waals surface area contributed by atoms with E-state index < -0.39 is 0 Å². The number of piperidine rings is 1. The molecule has 18 heavy (non-hydrogen) atoms. The highest BCUT2D eigenvalue weighted by atomic mass is 16.5. The van der Waals surface area contributed by atoms with Crippen LogP contribution < -0.4 is 0 Å². The molecule has 1 aliphatic rings. The van der Waals surface area contributed by atoms with E-state index in [4.69, 9.17) is 9.84 Å². The standard InChI is InChI=1S/C12H22N2O4/c1-13(7-8-15)9-11(16)14-5-3-10(4-6-14)12(17)18-2/h10,15H,3-9H2,1-2H3. The lowest BCUT2D eigenvalue weighted by molar-refractivity contribution is -0.149. The fourth-order valence-corrected chi connectivity index (χ4v) is 2.11. The number of esters is 1. The number of ether oxygens (including phenoxy) is 1. The van der Waals surface area contributed by atoms with Crippen LogP contribution in [0.1, 0.15) is 12.8 Å². The largest absolute Gasteiger partial charge is 0.469 e. The Kier molecular flexibility index (Phi) is 6.07. The molecule has 104 valence electrons. The Balaban J connectivity index is 2.33. The average molecular weight is 258 g/mol. The van der Waals surface area contributed by atoms with Gasteiger partial charge in [0.2, 0.25) is 5.91 Å². The third-order valence-electron chi connectivity index (χ3n) is 3.27. The number of carbonyl (C=O) groups excluding carboxylic acids is 2. The van der Waals surface area contributed by atoms with Crippen molar-refractivity contribution >= 4 is 11.9 Å². The monoisotopic (exact) mass is 258 g/mol. The molecule has 0 aliphatic carbocycles. The molecule has 6 nitrogen and oxygen atoms in total. The van der Waals surface area contributed by atoms with Crippen molar-refractivity contribution in [3.63, 3.8) is 0 Å². The zero-order valence-electron chi connectivity index (χ0n) is 11.1. The van der Waals surface area contributed by atoms with Crippen molar-refractivity contribution in [2.24, 2.45) is 5.92 Å². The lowest BCUT2D eigenvalue weighted by Crippen LogP contribution is -2.44. The molecule has 0 aromatic heterocycles. The summed E-state index contributed by atoms with van der Waals surface area (Å²) < 4.78 is 4.70. The van der Waals surface area contributed by atoms with Crippen LogP contribution in [-0.4, -0.2) is 73.7 Å². The second kappa shape index (κ2) is 7.33. The van der Waals surface area contributed by atoms with E-state index in [0.717, 1.165) is 0 Å². The number of hydrogen-bond acceptors (Lipinski definition) is 5. The normalized spacial score (nSPS) is 17.0. The molecule has 1 N–H and O–H groups in total. The minimum Gasteiger partial charge on any atom is -0.469 e. The smallest absolute Gasteiger partial charge is 0.308 e. The number of likely N-dealkylation sites (N-methyl/N-ethyl adjacent to an activating group) is 1. The molecule has 1 amide bonds. The first-order valence-electron chi connectivity index (χ1n) is 6.23. The number of carbonyl (C=O) groups is 2. The van der Waals surface area contributed by atoms with Crippen molar-refractivity contribution < 1.29 is 19.4 Å². The van der Waals surface area contributed by atoms with Crippen LogP contribution in [0.2, 0.25) is 0 Å². The van der Waals surface area contributed by atoms with Gasteiger partial charge in [-0.3, -0.25) is 14.5 Å². The van der Waals surface area contributed by atoms with E-state index in [1.165, 1.54) is 7.11 Å². The molecular formula is C12H22N2O4. The van der Waals surface area contributed by atoms with Gasteiger partial charge in [-0.05, 0) is 19.9 Å². The maximum absolute atomic E-state index is 11.9. The molecule has 0 bridgehead atoms. The van der Waals surface area contributed by atoms with Crippen molar-refractivity contribution in [2.75, 3.05) is 46.9 Å². The average Bonchev–Trinajstić information content (AvgIpc) is 2.38. The summed E-state index contributed by atoms with van der Waals surface area (Å²) in [5.74, 6) is -0.206. The summed E-state index contributed by atoms with van der Waals surface area (Å²) in [6, 6.07) is 0. The highest BCUT2D eigenvalue weighted by molar-refractivity contribution is 5.79. The maximum Gasteiger partial charge on any atom is 0.308 e. The Morgan fingerprint density at radius 1 is 1.39 bits per heavy atom. The topological polar surface area (TPSA) is 70.1 Å². The van der Waals surface area contributed by atoms with E-state index in [-0.39, 0.29) is 24.4 Å². The molecule has 0 radical (unpaired) electrons. The predicted molar refractivity (Wildman–Crippen MR) is 65.9 cm³/mol. The number of likely N-dealkylation sites (tertiary alicyclic amines) is 1. The minimum atomic E-state index is -0.181. The number of amides is 1. The molecule has 0 atom stereocenters. The summed E-state index contributed by atoms with van der Waals surface area (Å²) in [5.41, 5.74) is 0. The first-order chi connectivity index (χ1) is 8.58. The molecule has 1 saturated heterocycles. The summed E-state index contributed by atoms with van der Waals surface area (Å²) in [4.78, 5) is 26.8. The minimum absolute atomic E-state index is 0.0498. The zero-order chi connectivity index (χ0) is 13.5. The number of rotatable bonds is 5. The van der Waals surface area contributed by atoms with Crippen LogP contribution in [-0.2, 0) is 14.3 Å². The molecule has 1 rings (SSSR count). The predicted octanol–water partition coefficient (Wildman–Crippen LogP) is -0.678. The molecule has 0 aromatic rings. The van der Waals surface area contributed by atoms with E-state index in [1.807, 2.05) is 0 Å². The number of nitrogens with zero attached hydrogens (tertiary/aromatic N) is 2. The van der Waals surface area contributed by atoms with Crippen LogP contribution in [0.3, 0.4) is 0 Å². The molecular weight excluding hydrogens is 236 g/mol. The Hall–Kier alpha value is -1.14. The van der Waals surface area contributed by atoms with Crippen LogP contribution in [0.5, 0.6) is 0 Å². The summed E-state index contributed by atoms with van der Waals surface area (Å²) in [6.07, 6.45) is 1.34. The Labute approximate surface area is 107 Å². The van der Waals surface area contributed by atoms with E-state index >= 15 is 0 Å². The van der Waals surface area contributed by atoms with Gasteiger partial charge in [-0.25, -0.2) is 0 Å². The lowest BCUT2D eigenvalue weighted by Gasteiger charge is -2.31. The quantitative estimate of drug-likeness (QED) is 0.662. The zero-order valence-corrected chi connectivity index (χ0v) is 11.1. The lowest BCUT2D eigenvalue weighted by atomic mass is 9.97. The first kappa shape index (κ1) is 14.9. The van der Waals surface area contributed by atoms with E-state index in [1.54, 1.807) is 16.8 Å². The first-order valence-corrected chi connectivity index (χ1v) is 6.23. The van der Waals surface area contributed by atoms with Gasteiger partial charge in [-0.15, -0.1) is 0 Å². The van der Waals surface area contributed by atoms with Gasteiger partial charge in [0.05, 0.1) is 26.2 Å². The van der Waals surface area contributed by atoms with Crippen molar-refractivity contribution in [1.82, 2.24) is 9.80 Å². The van der Waals surface area contributed by atoms with Crippen LogP contribution in [0, 0.1) is 5.92 Å². The van der Waals surface area contributed by atoms with Crippen molar-refractivity contribution in [3.8, 4) is 0 Å².